The summed E-state index contributed by atoms with van der Waals surface area (Å²) >= 11 is 0. The number of rotatable bonds is 6. The first kappa shape index (κ1) is 14.9. The third-order valence-corrected chi connectivity index (χ3v) is 3.19. The Labute approximate surface area is 124 Å². The van der Waals surface area contributed by atoms with E-state index in [0.29, 0.717) is 12.1 Å². The Morgan fingerprint density at radius 3 is 2.62 bits per heavy atom. The zero-order valence-electron chi connectivity index (χ0n) is 12.2. The van der Waals surface area contributed by atoms with E-state index in [9.17, 15) is 0 Å². The molecular formula is C17H18N2O2. The maximum Gasteiger partial charge on any atom is 0.123 e. The molecule has 0 aliphatic rings. The van der Waals surface area contributed by atoms with Crippen LogP contribution < -0.4 is 14.8 Å². The van der Waals surface area contributed by atoms with Gasteiger partial charge >= 0.3 is 0 Å². The minimum Gasteiger partial charge on any atom is -0.497 e. The van der Waals surface area contributed by atoms with Crippen molar-refractivity contribution in [3.63, 3.8) is 0 Å². The number of methoxy groups -OCH3 is 2. The van der Waals surface area contributed by atoms with E-state index in [1.165, 1.54) is 0 Å². The average Bonchev–Trinajstić information content (AvgIpc) is 2.55. The van der Waals surface area contributed by atoms with Crippen molar-refractivity contribution in [1.82, 2.24) is 5.32 Å². The van der Waals surface area contributed by atoms with Gasteiger partial charge in [0, 0.05) is 18.7 Å². The summed E-state index contributed by atoms with van der Waals surface area (Å²) in [6, 6.07) is 15.5. The number of benzene rings is 2. The second-order valence-electron chi connectivity index (χ2n) is 4.59. The van der Waals surface area contributed by atoms with Gasteiger partial charge in [-0.05, 0) is 35.9 Å². The summed E-state index contributed by atoms with van der Waals surface area (Å²) in [5, 5.41) is 12.3. The number of hydrogen-bond acceptors (Lipinski definition) is 4. The highest BCUT2D eigenvalue weighted by molar-refractivity contribution is 5.42. The van der Waals surface area contributed by atoms with Gasteiger partial charge in [-0.25, -0.2) is 0 Å². The number of nitriles is 1. The van der Waals surface area contributed by atoms with Crippen LogP contribution in [0.1, 0.15) is 16.7 Å². The minimum absolute atomic E-state index is 0.633. The number of ether oxygens (including phenoxy) is 2. The van der Waals surface area contributed by atoms with Crippen molar-refractivity contribution in [3.05, 3.63) is 59.2 Å². The third kappa shape index (κ3) is 3.98. The first-order valence-electron chi connectivity index (χ1n) is 6.67. The lowest BCUT2D eigenvalue weighted by Gasteiger charge is -2.10. The van der Waals surface area contributed by atoms with Crippen molar-refractivity contribution >= 4 is 0 Å². The van der Waals surface area contributed by atoms with Gasteiger partial charge in [0.15, 0.2) is 0 Å². The zero-order chi connectivity index (χ0) is 15.1. The quantitative estimate of drug-likeness (QED) is 0.885. The largest absolute Gasteiger partial charge is 0.497 e. The Hall–Kier alpha value is -2.51. The molecule has 0 atom stereocenters. The molecule has 0 aliphatic carbocycles. The minimum atomic E-state index is 0.633. The maximum atomic E-state index is 8.96. The summed E-state index contributed by atoms with van der Waals surface area (Å²) in [6.45, 7) is 1.35. The van der Waals surface area contributed by atoms with E-state index in [2.05, 4.69) is 11.4 Å². The molecule has 2 aromatic rings. The molecule has 108 valence electrons. The Balaban J connectivity index is 2.01. The van der Waals surface area contributed by atoms with Gasteiger partial charge in [0.05, 0.1) is 25.9 Å². The van der Waals surface area contributed by atoms with Crippen LogP contribution in [0.2, 0.25) is 0 Å². The topological polar surface area (TPSA) is 54.3 Å². The third-order valence-electron chi connectivity index (χ3n) is 3.19. The fourth-order valence-corrected chi connectivity index (χ4v) is 2.11. The van der Waals surface area contributed by atoms with Gasteiger partial charge in [-0.3, -0.25) is 0 Å². The molecule has 0 fully saturated rings. The zero-order valence-corrected chi connectivity index (χ0v) is 12.2. The van der Waals surface area contributed by atoms with Crippen molar-refractivity contribution in [1.29, 1.82) is 5.26 Å². The Morgan fingerprint density at radius 2 is 1.90 bits per heavy atom. The van der Waals surface area contributed by atoms with Crippen LogP contribution in [-0.4, -0.2) is 14.2 Å². The van der Waals surface area contributed by atoms with E-state index in [1.807, 2.05) is 36.4 Å². The Morgan fingerprint density at radius 1 is 1.05 bits per heavy atom. The Bertz CT molecular complexity index is 647. The molecular weight excluding hydrogens is 264 g/mol. The molecule has 1 N–H and O–H groups in total. The number of hydrogen-bond donors (Lipinski definition) is 1. The van der Waals surface area contributed by atoms with Crippen molar-refractivity contribution in [3.8, 4) is 17.6 Å². The van der Waals surface area contributed by atoms with Gasteiger partial charge in [-0.1, -0.05) is 12.1 Å². The first-order valence-corrected chi connectivity index (χ1v) is 6.67. The monoisotopic (exact) mass is 282 g/mol. The van der Waals surface area contributed by atoms with Crippen molar-refractivity contribution in [2.75, 3.05) is 14.2 Å². The fourth-order valence-electron chi connectivity index (χ4n) is 2.11. The standard InChI is InChI=1S/C17H18N2O2/c1-20-16-5-3-4-14(9-16)11-19-12-15-8-13(10-18)6-7-17(15)21-2/h3-9,19H,11-12H2,1-2H3. The van der Waals surface area contributed by atoms with Gasteiger partial charge in [0.1, 0.15) is 11.5 Å². The number of nitrogens with one attached hydrogen (secondary N) is 1. The van der Waals surface area contributed by atoms with E-state index in [4.69, 9.17) is 14.7 Å². The highest BCUT2D eigenvalue weighted by atomic mass is 16.5. The normalized spacial score (nSPS) is 9.95. The lowest BCUT2D eigenvalue weighted by atomic mass is 10.1. The van der Waals surface area contributed by atoms with E-state index in [1.54, 1.807) is 20.3 Å². The van der Waals surface area contributed by atoms with E-state index in [-0.39, 0.29) is 0 Å². The van der Waals surface area contributed by atoms with Gasteiger partial charge in [-0.15, -0.1) is 0 Å². The van der Waals surface area contributed by atoms with Crippen LogP contribution in [0.5, 0.6) is 11.5 Å². The second kappa shape index (κ2) is 7.32. The van der Waals surface area contributed by atoms with Crippen molar-refractivity contribution in [2.24, 2.45) is 0 Å². The van der Waals surface area contributed by atoms with Gasteiger partial charge in [-0.2, -0.15) is 5.26 Å². The molecule has 0 heterocycles. The molecule has 2 aromatic carbocycles. The van der Waals surface area contributed by atoms with Crippen LogP contribution in [-0.2, 0) is 13.1 Å². The molecule has 0 saturated heterocycles. The molecule has 0 aliphatic heterocycles. The molecule has 0 spiro atoms. The lowest BCUT2D eigenvalue weighted by Crippen LogP contribution is -2.13. The molecule has 21 heavy (non-hydrogen) atoms. The SMILES string of the molecule is COc1cccc(CNCc2cc(C#N)ccc2OC)c1. The highest BCUT2D eigenvalue weighted by Crippen LogP contribution is 2.19. The second-order valence-corrected chi connectivity index (χ2v) is 4.59. The molecule has 4 nitrogen and oxygen atoms in total. The molecule has 0 radical (unpaired) electrons. The van der Waals surface area contributed by atoms with Gasteiger partial charge in [0.25, 0.3) is 0 Å². The molecule has 2 rings (SSSR count). The summed E-state index contributed by atoms with van der Waals surface area (Å²) in [6.07, 6.45) is 0. The Kier molecular flexibility index (Phi) is 5.19. The summed E-state index contributed by atoms with van der Waals surface area (Å²) in [7, 11) is 3.29. The van der Waals surface area contributed by atoms with Crippen LogP contribution in [0.25, 0.3) is 0 Å². The predicted molar refractivity (Wildman–Crippen MR) is 81.2 cm³/mol. The molecule has 0 bridgehead atoms. The lowest BCUT2D eigenvalue weighted by molar-refractivity contribution is 0.407. The summed E-state index contributed by atoms with van der Waals surface area (Å²) in [4.78, 5) is 0. The molecule has 0 aromatic heterocycles. The van der Waals surface area contributed by atoms with Crippen molar-refractivity contribution < 1.29 is 9.47 Å². The first-order chi connectivity index (χ1) is 10.3. The maximum absolute atomic E-state index is 8.96. The van der Waals surface area contributed by atoms with Crippen LogP contribution >= 0.6 is 0 Å². The summed E-state index contributed by atoms with van der Waals surface area (Å²) in [5.74, 6) is 1.63. The van der Waals surface area contributed by atoms with Crippen LogP contribution in [0.15, 0.2) is 42.5 Å². The number of nitrogens with zero attached hydrogens (tertiary/aromatic N) is 1. The van der Waals surface area contributed by atoms with Gasteiger partial charge in [0.2, 0.25) is 0 Å². The molecule has 0 amide bonds. The van der Waals surface area contributed by atoms with Crippen LogP contribution in [0.3, 0.4) is 0 Å². The summed E-state index contributed by atoms with van der Waals surface area (Å²) in [5.41, 5.74) is 2.75. The molecule has 0 saturated carbocycles. The molecule has 0 unspecified atom stereocenters. The average molecular weight is 282 g/mol. The predicted octanol–water partition coefficient (Wildman–Crippen LogP) is 2.87. The van der Waals surface area contributed by atoms with Crippen molar-refractivity contribution in [2.45, 2.75) is 13.1 Å². The van der Waals surface area contributed by atoms with Gasteiger partial charge < -0.3 is 14.8 Å². The molecule has 4 heteroatoms. The smallest absolute Gasteiger partial charge is 0.123 e. The summed E-state index contributed by atoms with van der Waals surface area (Å²) < 4.78 is 10.5. The van der Waals surface area contributed by atoms with E-state index in [0.717, 1.165) is 29.2 Å². The van der Waals surface area contributed by atoms with E-state index < -0.39 is 0 Å². The van der Waals surface area contributed by atoms with E-state index >= 15 is 0 Å². The van der Waals surface area contributed by atoms with Crippen LogP contribution in [0.4, 0.5) is 0 Å². The fraction of sp³-hybridized carbons (Fsp3) is 0.235. The highest BCUT2D eigenvalue weighted by Gasteiger charge is 2.04. The van der Waals surface area contributed by atoms with Crippen LogP contribution in [0, 0.1) is 11.3 Å².